The maximum atomic E-state index is 5.90. The third-order valence-corrected chi connectivity index (χ3v) is 4.07. The van der Waals surface area contributed by atoms with Gasteiger partial charge in [0.1, 0.15) is 5.75 Å². The highest BCUT2D eigenvalue weighted by Crippen LogP contribution is 2.30. The third-order valence-electron chi connectivity index (χ3n) is 4.07. The maximum Gasteiger partial charge on any atom is 0.120 e. The average Bonchev–Trinajstić information content (AvgIpc) is 2.71. The molecule has 23 heavy (non-hydrogen) atoms. The molecule has 2 rings (SSSR count). The second-order valence-corrected chi connectivity index (χ2v) is 7.09. The van der Waals surface area contributed by atoms with Crippen molar-refractivity contribution in [1.82, 2.24) is 9.88 Å². The molecule has 0 amide bonds. The lowest BCUT2D eigenvalue weighted by molar-refractivity contribution is 0.243. The zero-order valence-electron chi connectivity index (χ0n) is 15.6. The van der Waals surface area contributed by atoms with Crippen molar-refractivity contribution in [1.29, 1.82) is 0 Å². The van der Waals surface area contributed by atoms with E-state index >= 15 is 0 Å². The molecule has 1 aromatic carbocycles. The molecule has 0 aliphatic carbocycles. The molecule has 1 aromatic heterocycles. The van der Waals surface area contributed by atoms with E-state index in [0.29, 0.717) is 5.92 Å². The van der Waals surface area contributed by atoms with E-state index in [9.17, 15) is 0 Å². The number of nitrogens with one attached hydrogen (secondary N) is 1. The molecule has 2 aromatic rings. The lowest BCUT2D eigenvalue weighted by atomic mass is 10.1. The minimum Gasteiger partial charge on any atom is -0.491 e. The summed E-state index contributed by atoms with van der Waals surface area (Å²) in [6.07, 6.45) is 1.36. The SMILES string of the molecule is CCCNCc1c(C)n(CC(C)C)c2ccc(OC(C)C)cc12. The van der Waals surface area contributed by atoms with Crippen LogP contribution in [0.4, 0.5) is 0 Å². The smallest absolute Gasteiger partial charge is 0.120 e. The number of benzene rings is 1. The molecule has 0 radical (unpaired) electrons. The Kier molecular flexibility index (Phi) is 6.11. The van der Waals surface area contributed by atoms with Gasteiger partial charge in [-0.3, -0.25) is 0 Å². The van der Waals surface area contributed by atoms with Crippen molar-refractivity contribution in [2.24, 2.45) is 5.92 Å². The van der Waals surface area contributed by atoms with Crippen molar-refractivity contribution in [3.8, 4) is 5.75 Å². The number of hydrogen-bond donors (Lipinski definition) is 1. The summed E-state index contributed by atoms with van der Waals surface area (Å²) >= 11 is 0. The largest absolute Gasteiger partial charge is 0.491 e. The summed E-state index contributed by atoms with van der Waals surface area (Å²) in [5, 5.41) is 4.88. The van der Waals surface area contributed by atoms with E-state index in [2.05, 4.69) is 69.6 Å². The van der Waals surface area contributed by atoms with Crippen LogP contribution in [-0.4, -0.2) is 17.2 Å². The number of hydrogen-bond acceptors (Lipinski definition) is 2. The van der Waals surface area contributed by atoms with Crippen LogP contribution in [0.25, 0.3) is 10.9 Å². The van der Waals surface area contributed by atoms with Crippen molar-refractivity contribution in [3.63, 3.8) is 0 Å². The second kappa shape index (κ2) is 7.87. The highest BCUT2D eigenvalue weighted by molar-refractivity contribution is 5.87. The van der Waals surface area contributed by atoms with Crippen molar-refractivity contribution < 1.29 is 4.74 Å². The summed E-state index contributed by atoms with van der Waals surface area (Å²) in [6, 6.07) is 6.52. The molecule has 1 heterocycles. The molecule has 128 valence electrons. The molecule has 3 nitrogen and oxygen atoms in total. The fourth-order valence-electron chi connectivity index (χ4n) is 3.09. The molecular weight excluding hydrogens is 284 g/mol. The minimum absolute atomic E-state index is 0.202. The van der Waals surface area contributed by atoms with E-state index < -0.39 is 0 Å². The lowest BCUT2D eigenvalue weighted by Gasteiger charge is -2.12. The maximum absolute atomic E-state index is 5.90. The van der Waals surface area contributed by atoms with Gasteiger partial charge in [-0.15, -0.1) is 0 Å². The van der Waals surface area contributed by atoms with Gasteiger partial charge in [-0.2, -0.15) is 0 Å². The van der Waals surface area contributed by atoms with Crippen LogP contribution in [0.5, 0.6) is 5.75 Å². The van der Waals surface area contributed by atoms with Gasteiger partial charge in [-0.1, -0.05) is 20.8 Å². The summed E-state index contributed by atoms with van der Waals surface area (Å²) in [7, 11) is 0. The first-order valence-electron chi connectivity index (χ1n) is 8.93. The average molecular weight is 316 g/mol. The monoisotopic (exact) mass is 316 g/mol. The van der Waals surface area contributed by atoms with Crippen LogP contribution in [0, 0.1) is 12.8 Å². The van der Waals surface area contributed by atoms with Crippen LogP contribution >= 0.6 is 0 Å². The van der Waals surface area contributed by atoms with Crippen LogP contribution in [0.1, 0.15) is 52.3 Å². The van der Waals surface area contributed by atoms with Gasteiger partial charge in [0, 0.05) is 29.7 Å². The predicted octanol–water partition coefficient (Wildman–Crippen LogP) is 4.89. The van der Waals surface area contributed by atoms with Crippen molar-refractivity contribution in [2.75, 3.05) is 6.54 Å². The number of fused-ring (bicyclic) bond motifs is 1. The number of nitrogens with zero attached hydrogens (tertiary/aromatic N) is 1. The van der Waals surface area contributed by atoms with Crippen molar-refractivity contribution >= 4 is 10.9 Å². The van der Waals surface area contributed by atoms with Crippen LogP contribution in [0.15, 0.2) is 18.2 Å². The minimum atomic E-state index is 0.202. The molecule has 1 N–H and O–H groups in total. The molecule has 0 spiro atoms. The van der Waals surface area contributed by atoms with Crippen LogP contribution < -0.4 is 10.1 Å². The van der Waals surface area contributed by atoms with Crippen molar-refractivity contribution in [2.45, 2.75) is 67.2 Å². The van der Waals surface area contributed by atoms with Gasteiger partial charge in [-0.05, 0) is 63.4 Å². The van der Waals surface area contributed by atoms with E-state index in [4.69, 9.17) is 4.74 Å². The molecule has 0 aliphatic rings. The first-order valence-corrected chi connectivity index (χ1v) is 8.93. The van der Waals surface area contributed by atoms with Gasteiger partial charge in [0.2, 0.25) is 0 Å². The standard InChI is InChI=1S/C20H32N2O/c1-7-10-21-12-19-16(6)22(13-14(2)3)20-9-8-17(11-18(19)20)23-15(4)5/h8-9,11,14-15,21H,7,10,12-13H2,1-6H3. The second-order valence-electron chi connectivity index (χ2n) is 7.09. The molecule has 0 atom stereocenters. The topological polar surface area (TPSA) is 26.2 Å². The van der Waals surface area contributed by atoms with Crippen LogP contribution in [0.2, 0.25) is 0 Å². The summed E-state index contributed by atoms with van der Waals surface area (Å²) in [6.45, 7) is 16.2. The molecule has 0 saturated heterocycles. The highest BCUT2D eigenvalue weighted by atomic mass is 16.5. The summed E-state index contributed by atoms with van der Waals surface area (Å²) in [5.74, 6) is 1.60. The first kappa shape index (κ1) is 17.9. The van der Waals surface area contributed by atoms with Gasteiger partial charge in [-0.25, -0.2) is 0 Å². The molecule has 0 fully saturated rings. The zero-order valence-corrected chi connectivity index (χ0v) is 15.6. The van der Waals surface area contributed by atoms with E-state index in [1.54, 1.807) is 0 Å². The first-order chi connectivity index (χ1) is 10.9. The van der Waals surface area contributed by atoms with Crippen LogP contribution in [-0.2, 0) is 13.1 Å². The summed E-state index contributed by atoms with van der Waals surface area (Å²) in [5.41, 5.74) is 4.10. The van der Waals surface area contributed by atoms with Gasteiger partial charge in [0.05, 0.1) is 6.10 Å². The summed E-state index contributed by atoms with van der Waals surface area (Å²) < 4.78 is 8.36. The van der Waals surface area contributed by atoms with Gasteiger partial charge >= 0.3 is 0 Å². The predicted molar refractivity (Wildman–Crippen MR) is 99.3 cm³/mol. The Morgan fingerprint density at radius 2 is 1.91 bits per heavy atom. The molecule has 0 unspecified atom stereocenters. The van der Waals surface area contributed by atoms with Crippen molar-refractivity contribution in [3.05, 3.63) is 29.5 Å². The molecular formula is C20H32N2O. The molecule has 0 saturated carbocycles. The fraction of sp³-hybridized carbons (Fsp3) is 0.600. The van der Waals surface area contributed by atoms with Gasteiger partial charge in [0.25, 0.3) is 0 Å². The zero-order chi connectivity index (χ0) is 17.0. The van der Waals surface area contributed by atoms with E-state index in [1.807, 2.05) is 0 Å². The number of rotatable bonds is 8. The van der Waals surface area contributed by atoms with Crippen LogP contribution in [0.3, 0.4) is 0 Å². The fourth-order valence-corrected chi connectivity index (χ4v) is 3.09. The van der Waals surface area contributed by atoms with E-state index in [-0.39, 0.29) is 6.10 Å². The molecule has 3 heteroatoms. The Balaban J connectivity index is 2.47. The lowest BCUT2D eigenvalue weighted by Crippen LogP contribution is -2.15. The quantitative estimate of drug-likeness (QED) is 0.702. The van der Waals surface area contributed by atoms with Gasteiger partial charge < -0.3 is 14.6 Å². The van der Waals surface area contributed by atoms with E-state index in [0.717, 1.165) is 31.8 Å². The normalized spacial score (nSPS) is 11.8. The number of ether oxygens (including phenoxy) is 1. The summed E-state index contributed by atoms with van der Waals surface area (Å²) in [4.78, 5) is 0. The molecule has 0 aliphatic heterocycles. The Labute approximate surface area is 141 Å². The Bertz CT molecular complexity index is 641. The Hall–Kier alpha value is -1.48. The Morgan fingerprint density at radius 1 is 1.17 bits per heavy atom. The van der Waals surface area contributed by atoms with Gasteiger partial charge in [0.15, 0.2) is 0 Å². The van der Waals surface area contributed by atoms with E-state index in [1.165, 1.54) is 22.2 Å². The molecule has 0 bridgehead atoms. The highest BCUT2D eigenvalue weighted by Gasteiger charge is 2.15. The Morgan fingerprint density at radius 3 is 2.52 bits per heavy atom. The number of aromatic nitrogens is 1. The third kappa shape index (κ3) is 4.29.